The molecule has 2 saturated carbocycles. The van der Waals surface area contributed by atoms with Crippen molar-refractivity contribution in [3.05, 3.63) is 34.9 Å². The molecule has 0 saturated heterocycles. The Bertz CT molecular complexity index is 578. The topological polar surface area (TPSA) is 50.4 Å². The summed E-state index contributed by atoms with van der Waals surface area (Å²) in [6.07, 6.45) is 5.56. The highest BCUT2D eigenvalue weighted by atomic mass is 35.5. The molecule has 4 nitrogen and oxygen atoms in total. The van der Waals surface area contributed by atoms with Gasteiger partial charge in [-0.1, -0.05) is 30.2 Å². The molecular weight excluding hydrogens is 336 g/mol. The number of carbonyl (C=O) groups is 1. The molecule has 0 spiro atoms. The zero-order valence-corrected chi connectivity index (χ0v) is 15.8. The van der Waals surface area contributed by atoms with Crippen LogP contribution in [0.25, 0.3) is 0 Å². The van der Waals surface area contributed by atoms with Gasteiger partial charge in [-0.25, -0.2) is 0 Å². The Labute approximate surface area is 155 Å². The second-order valence-electron chi connectivity index (χ2n) is 7.54. The maximum absolute atomic E-state index is 13.1. The minimum Gasteiger partial charge on any atom is -0.383 e. The Hall–Kier alpha value is -1.10. The molecule has 0 aromatic heterocycles. The summed E-state index contributed by atoms with van der Waals surface area (Å²) in [5.74, 6) is 1.49. The van der Waals surface area contributed by atoms with Crippen molar-refractivity contribution in [3.8, 4) is 0 Å². The number of benzene rings is 1. The minimum atomic E-state index is -0.233. The van der Waals surface area contributed by atoms with E-state index in [2.05, 4.69) is 22.8 Å². The highest BCUT2D eigenvalue weighted by Crippen LogP contribution is 2.57. The largest absolute Gasteiger partial charge is 0.383 e. The maximum atomic E-state index is 13.1. The van der Waals surface area contributed by atoms with E-state index in [4.69, 9.17) is 16.3 Å². The van der Waals surface area contributed by atoms with Gasteiger partial charge >= 0.3 is 0 Å². The molecule has 3 unspecified atom stereocenters. The first-order chi connectivity index (χ1) is 12.1. The molecule has 2 fully saturated rings. The molecule has 1 amide bonds. The molecule has 0 heterocycles. The lowest BCUT2D eigenvalue weighted by Gasteiger charge is -2.36. The summed E-state index contributed by atoms with van der Waals surface area (Å²) in [6.45, 7) is 2.95. The summed E-state index contributed by atoms with van der Waals surface area (Å²) in [7, 11) is 1.69. The number of carbonyl (C=O) groups excluding carboxylic acids is 1. The van der Waals surface area contributed by atoms with Gasteiger partial charge in [0.2, 0.25) is 5.91 Å². The van der Waals surface area contributed by atoms with Crippen molar-refractivity contribution in [3.63, 3.8) is 0 Å². The summed E-state index contributed by atoms with van der Waals surface area (Å²) in [4.78, 5) is 13.1. The smallest absolute Gasteiger partial charge is 0.226 e. The first kappa shape index (κ1) is 18.7. The number of fused-ring (bicyclic) bond motifs is 2. The number of halogens is 1. The third kappa shape index (κ3) is 4.36. The third-order valence-corrected chi connectivity index (χ3v) is 6.18. The molecule has 2 N–H and O–H groups in total. The van der Waals surface area contributed by atoms with Gasteiger partial charge in [-0.2, -0.15) is 0 Å². The number of hydrogen-bond donors (Lipinski definition) is 2. The van der Waals surface area contributed by atoms with E-state index in [1.165, 1.54) is 24.8 Å². The van der Waals surface area contributed by atoms with Crippen molar-refractivity contribution in [2.45, 2.75) is 32.1 Å². The zero-order valence-electron chi connectivity index (χ0n) is 15.0. The average Bonchev–Trinajstić information content (AvgIpc) is 3.21. The molecule has 1 aromatic rings. The van der Waals surface area contributed by atoms with Crippen LogP contribution in [-0.4, -0.2) is 39.3 Å². The Morgan fingerprint density at radius 1 is 1.24 bits per heavy atom. The molecule has 2 bridgehead atoms. The second kappa shape index (κ2) is 8.52. The van der Waals surface area contributed by atoms with Crippen LogP contribution < -0.4 is 10.6 Å². The lowest BCUT2D eigenvalue weighted by molar-refractivity contribution is -0.134. The van der Waals surface area contributed by atoms with E-state index in [1.807, 2.05) is 12.1 Å². The van der Waals surface area contributed by atoms with Crippen LogP contribution in [0, 0.1) is 17.3 Å². The minimum absolute atomic E-state index is 0.233. The van der Waals surface area contributed by atoms with Crippen LogP contribution >= 0.6 is 11.6 Å². The molecule has 3 atom stereocenters. The summed E-state index contributed by atoms with van der Waals surface area (Å²) in [5.41, 5.74) is 0.980. The highest BCUT2D eigenvalue weighted by molar-refractivity contribution is 6.30. The maximum Gasteiger partial charge on any atom is 0.226 e. The predicted molar refractivity (Wildman–Crippen MR) is 101 cm³/mol. The van der Waals surface area contributed by atoms with Crippen molar-refractivity contribution in [2.75, 3.05) is 33.4 Å². The molecule has 0 aliphatic heterocycles. The lowest BCUT2D eigenvalue weighted by Crippen LogP contribution is -2.47. The molecule has 3 rings (SSSR count). The number of nitrogens with one attached hydrogen (secondary N) is 2. The molecule has 25 heavy (non-hydrogen) atoms. The first-order valence-corrected chi connectivity index (χ1v) is 9.74. The molecule has 1 aromatic carbocycles. The molecule has 2 aliphatic rings. The molecule has 138 valence electrons. The fourth-order valence-corrected chi connectivity index (χ4v) is 4.85. The van der Waals surface area contributed by atoms with Crippen LogP contribution in [0.5, 0.6) is 0 Å². The van der Waals surface area contributed by atoms with Gasteiger partial charge in [0.05, 0.1) is 12.0 Å². The van der Waals surface area contributed by atoms with Crippen molar-refractivity contribution in [1.82, 2.24) is 10.6 Å². The Morgan fingerprint density at radius 2 is 2.04 bits per heavy atom. The number of methoxy groups -OCH3 is 1. The molecule has 2 aliphatic carbocycles. The molecule has 5 heteroatoms. The quantitative estimate of drug-likeness (QED) is 0.662. The summed E-state index contributed by atoms with van der Waals surface area (Å²) >= 11 is 6.01. The van der Waals surface area contributed by atoms with Gasteiger partial charge in [-0.3, -0.25) is 4.79 Å². The number of amides is 1. The number of hydrogen-bond acceptors (Lipinski definition) is 3. The van der Waals surface area contributed by atoms with Gasteiger partial charge in [0.15, 0.2) is 0 Å². The fourth-order valence-electron chi connectivity index (χ4n) is 4.73. The van der Waals surface area contributed by atoms with E-state index < -0.39 is 0 Å². The van der Waals surface area contributed by atoms with E-state index >= 15 is 0 Å². The van der Waals surface area contributed by atoms with Crippen LogP contribution in [0.2, 0.25) is 5.02 Å². The fraction of sp³-hybridized carbons (Fsp3) is 0.650. The first-order valence-electron chi connectivity index (χ1n) is 9.36. The predicted octanol–water partition coefficient (Wildman–Crippen LogP) is 3.04. The van der Waals surface area contributed by atoms with Gasteiger partial charge in [0.25, 0.3) is 0 Å². The van der Waals surface area contributed by atoms with Crippen molar-refractivity contribution >= 4 is 17.5 Å². The van der Waals surface area contributed by atoms with Crippen molar-refractivity contribution < 1.29 is 9.53 Å². The van der Waals surface area contributed by atoms with Crippen LogP contribution in [0.3, 0.4) is 0 Å². The summed E-state index contributed by atoms with van der Waals surface area (Å²) in [5, 5.41) is 7.22. The van der Waals surface area contributed by atoms with E-state index in [9.17, 15) is 4.79 Å². The van der Waals surface area contributed by atoms with Crippen molar-refractivity contribution in [1.29, 1.82) is 0 Å². The third-order valence-electron chi connectivity index (χ3n) is 5.93. The highest BCUT2D eigenvalue weighted by Gasteiger charge is 2.55. The standard InChI is InChI=1S/C20H29ClN2O2/c1-25-11-10-22-8-9-23-19(24)20(14-16-2-5-17(20)12-16)13-15-3-6-18(21)7-4-15/h3-4,6-7,16-17,22H,2,5,8-14H2,1H3,(H,23,24). The van der Waals surface area contributed by atoms with Gasteiger partial charge in [-0.05, 0) is 55.2 Å². The van der Waals surface area contributed by atoms with E-state index in [0.717, 1.165) is 36.9 Å². The van der Waals surface area contributed by atoms with Gasteiger partial charge in [0, 0.05) is 31.8 Å². The molecular formula is C20H29ClN2O2. The van der Waals surface area contributed by atoms with Gasteiger partial charge in [0.1, 0.15) is 0 Å². The summed E-state index contributed by atoms with van der Waals surface area (Å²) in [6, 6.07) is 7.98. The second-order valence-corrected chi connectivity index (χ2v) is 7.97. The van der Waals surface area contributed by atoms with Crippen LogP contribution in [0.1, 0.15) is 31.2 Å². The van der Waals surface area contributed by atoms with Gasteiger partial charge < -0.3 is 15.4 Å². The Kier molecular flexibility index (Phi) is 6.37. The Balaban J connectivity index is 1.61. The van der Waals surface area contributed by atoms with Crippen LogP contribution in [0.4, 0.5) is 0 Å². The van der Waals surface area contributed by atoms with Crippen LogP contribution in [0.15, 0.2) is 24.3 Å². The normalized spacial score (nSPS) is 27.6. The zero-order chi connectivity index (χ0) is 17.7. The van der Waals surface area contributed by atoms with E-state index in [0.29, 0.717) is 19.1 Å². The monoisotopic (exact) mass is 364 g/mol. The molecule has 0 radical (unpaired) electrons. The van der Waals surface area contributed by atoms with Crippen molar-refractivity contribution in [2.24, 2.45) is 17.3 Å². The lowest BCUT2D eigenvalue weighted by atomic mass is 9.68. The van der Waals surface area contributed by atoms with E-state index in [-0.39, 0.29) is 11.3 Å². The number of rotatable bonds is 9. The SMILES string of the molecule is COCCNCCNC(=O)C1(Cc2ccc(Cl)cc2)CC2CCC1C2. The van der Waals surface area contributed by atoms with Crippen LogP contribution in [-0.2, 0) is 16.0 Å². The van der Waals surface area contributed by atoms with Gasteiger partial charge in [-0.15, -0.1) is 0 Å². The number of ether oxygens (including phenoxy) is 1. The Morgan fingerprint density at radius 3 is 2.68 bits per heavy atom. The van der Waals surface area contributed by atoms with E-state index in [1.54, 1.807) is 7.11 Å². The summed E-state index contributed by atoms with van der Waals surface area (Å²) < 4.78 is 5.02. The average molecular weight is 365 g/mol.